The zero-order valence-electron chi connectivity index (χ0n) is 12.1. The van der Waals surface area contributed by atoms with Gasteiger partial charge in [-0.15, -0.1) is 0 Å². The highest BCUT2D eigenvalue weighted by atomic mass is 16.6. The Bertz CT molecular complexity index is 265. The van der Waals surface area contributed by atoms with Crippen LogP contribution in [0, 0.1) is 5.92 Å². The Hall–Kier alpha value is -0.770. The van der Waals surface area contributed by atoms with Crippen LogP contribution in [0.25, 0.3) is 0 Å². The molecule has 1 aliphatic rings. The summed E-state index contributed by atoms with van der Waals surface area (Å²) in [5.74, 6) is 0.540. The average Bonchev–Trinajstić information content (AvgIpc) is 2.27. The molecule has 0 aliphatic carbocycles. The van der Waals surface area contributed by atoms with Gasteiger partial charge in [-0.1, -0.05) is 6.92 Å². The minimum absolute atomic E-state index is 0.192. The molecule has 1 atom stereocenters. The molecule has 4 nitrogen and oxygen atoms in total. The number of nitrogens with zero attached hydrogens (tertiary/aromatic N) is 1. The highest BCUT2D eigenvalue weighted by Crippen LogP contribution is 2.24. The summed E-state index contributed by atoms with van der Waals surface area (Å²) in [6.07, 6.45) is 3.21. The van der Waals surface area contributed by atoms with Crippen LogP contribution >= 0.6 is 0 Å². The fourth-order valence-corrected chi connectivity index (χ4v) is 2.23. The minimum atomic E-state index is -0.424. The van der Waals surface area contributed by atoms with Gasteiger partial charge in [0.05, 0.1) is 6.10 Å². The van der Waals surface area contributed by atoms with Crippen LogP contribution in [0.4, 0.5) is 4.79 Å². The molecule has 0 unspecified atom stereocenters. The van der Waals surface area contributed by atoms with Crippen LogP contribution in [0.3, 0.4) is 0 Å². The van der Waals surface area contributed by atoms with E-state index in [9.17, 15) is 9.90 Å². The van der Waals surface area contributed by atoms with Crippen LogP contribution in [-0.2, 0) is 4.74 Å². The van der Waals surface area contributed by atoms with Gasteiger partial charge < -0.3 is 14.7 Å². The first-order chi connectivity index (χ1) is 8.31. The van der Waals surface area contributed by atoms with Crippen LogP contribution in [0.1, 0.15) is 53.4 Å². The van der Waals surface area contributed by atoms with Crippen molar-refractivity contribution in [2.75, 3.05) is 13.1 Å². The van der Waals surface area contributed by atoms with Crippen molar-refractivity contribution >= 4 is 6.09 Å². The van der Waals surface area contributed by atoms with Gasteiger partial charge in [0.2, 0.25) is 0 Å². The van der Waals surface area contributed by atoms with Crippen molar-refractivity contribution in [1.82, 2.24) is 4.90 Å². The lowest BCUT2D eigenvalue weighted by Gasteiger charge is -2.34. The van der Waals surface area contributed by atoms with E-state index < -0.39 is 5.60 Å². The summed E-state index contributed by atoms with van der Waals surface area (Å²) >= 11 is 0. The smallest absolute Gasteiger partial charge is 0.410 e. The van der Waals surface area contributed by atoms with E-state index in [4.69, 9.17) is 4.74 Å². The molecule has 0 aromatic carbocycles. The third-order valence-corrected chi connectivity index (χ3v) is 3.34. The Labute approximate surface area is 110 Å². The van der Waals surface area contributed by atoms with Crippen molar-refractivity contribution in [3.8, 4) is 0 Å². The molecule has 106 valence electrons. The summed E-state index contributed by atoms with van der Waals surface area (Å²) < 4.78 is 5.35. The summed E-state index contributed by atoms with van der Waals surface area (Å²) in [7, 11) is 0. The second-order valence-electron chi connectivity index (χ2n) is 6.21. The summed E-state index contributed by atoms with van der Waals surface area (Å²) in [5, 5.41) is 9.63. The van der Waals surface area contributed by atoms with Crippen LogP contribution < -0.4 is 0 Å². The van der Waals surface area contributed by atoms with E-state index in [-0.39, 0.29) is 12.2 Å². The third-order valence-electron chi connectivity index (χ3n) is 3.34. The normalized spacial score (nSPS) is 19.7. The van der Waals surface area contributed by atoms with Gasteiger partial charge >= 0.3 is 6.09 Å². The fourth-order valence-electron chi connectivity index (χ4n) is 2.23. The van der Waals surface area contributed by atoms with Gasteiger partial charge in [-0.05, 0) is 52.4 Å². The number of aliphatic hydroxyl groups is 1. The number of rotatable bonds is 3. The van der Waals surface area contributed by atoms with E-state index >= 15 is 0 Å². The van der Waals surface area contributed by atoms with Crippen molar-refractivity contribution in [3.05, 3.63) is 0 Å². The van der Waals surface area contributed by atoms with Crippen molar-refractivity contribution in [2.24, 2.45) is 5.92 Å². The Morgan fingerprint density at radius 2 is 1.94 bits per heavy atom. The van der Waals surface area contributed by atoms with Gasteiger partial charge in [0.15, 0.2) is 0 Å². The molecule has 0 bridgehead atoms. The van der Waals surface area contributed by atoms with Crippen LogP contribution in [0.2, 0.25) is 0 Å². The number of carbonyl (C=O) groups is 1. The monoisotopic (exact) mass is 257 g/mol. The van der Waals surface area contributed by atoms with Gasteiger partial charge in [0, 0.05) is 13.1 Å². The predicted molar refractivity (Wildman–Crippen MR) is 71.4 cm³/mol. The largest absolute Gasteiger partial charge is 0.444 e. The Balaban J connectivity index is 2.33. The van der Waals surface area contributed by atoms with Gasteiger partial charge in [0.25, 0.3) is 0 Å². The second-order valence-corrected chi connectivity index (χ2v) is 6.21. The number of ether oxygens (including phenoxy) is 1. The van der Waals surface area contributed by atoms with E-state index in [1.807, 2.05) is 27.7 Å². The Morgan fingerprint density at radius 3 is 2.39 bits per heavy atom. The topological polar surface area (TPSA) is 49.8 Å². The fraction of sp³-hybridized carbons (Fsp3) is 0.929. The molecule has 0 aromatic heterocycles. The van der Waals surface area contributed by atoms with Gasteiger partial charge in [-0.3, -0.25) is 0 Å². The maximum atomic E-state index is 11.9. The lowest BCUT2D eigenvalue weighted by Crippen LogP contribution is -2.42. The number of aliphatic hydroxyl groups excluding tert-OH is 1. The summed E-state index contributed by atoms with van der Waals surface area (Å²) in [6, 6.07) is 0. The lowest BCUT2D eigenvalue weighted by molar-refractivity contribution is 0.0161. The predicted octanol–water partition coefficient (Wildman–Crippen LogP) is 2.79. The number of likely N-dealkylation sites (tertiary alicyclic amines) is 1. The zero-order valence-corrected chi connectivity index (χ0v) is 12.1. The molecule has 1 saturated heterocycles. The molecule has 1 amide bonds. The summed E-state index contributed by atoms with van der Waals surface area (Å²) in [5.41, 5.74) is -0.424. The molecule has 0 spiro atoms. The van der Waals surface area contributed by atoms with Crippen LogP contribution in [-0.4, -0.2) is 40.9 Å². The third kappa shape index (κ3) is 5.25. The first kappa shape index (κ1) is 15.3. The molecule has 1 N–H and O–H groups in total. The molecule has 1 heterocycles. The number of carbonyl (C=O) groups excluding carboxylic acids is 1. The van der Waals surface area contributed by atoms with E-state index in [0.717, 1.165) is 38.8 Å². The molecule has 0 saturated carbocycles. The Kier molecular flexibility index (Phi) is 5.45. The van der Waals surface area contributed by atoms with E-state index in [1.54, 1.807) is 4.90 Å². The lowest BCUT2D eigenvalue weighted by atomic mass is 9.90. The van der Waals surface area contributed by atoms with Gasteiger partial charge in [-0.2, -0.15) is 0 Å². The number of piperidine rings is 1. The number of amides is 1. The van der Waals surface area contributed by atoms with Gasteiger partial charge in [0.1, 0.15) is 5.60 Å². The highest BCUT2D eigenvalue weighted by molar-refractivity contribution is 5.68. The quantitative estimate of drug-likeness (QED) is 0.845. The summed E-state index contributed by atoms with van der Waals surface area (Å²) in [4.78, 5) is 13.6. The number of hydrogen-bond donors (Lipinski definition) is 1. The van der Waals surface area contributed by atoms with E-state index in [2.05, 4.69) is 0 Å². The first-order valence-corrected chi connectivity index (χ1v) is 6.97. The molecular formula is C14H27NO3. The van der Waals surface area contributed by atoms with Crippen LogP contribution in [0.5, 0.6) is 0 Å². The second kappa shape index (κ2) is 6.41. The molecule has 1 fully saturated rings. The molecule has 18 heavy (non-hydrogen) atoms. The van der Waals surface area contributed by atoms with E-state index in [1.165, 1.54) is 0 Å². The van der Waals surface area contributed by atoms with Crippen molar-refractivity contribution < 1.29 is 14.6 Å². The number of hydrogen-bond acceptors (Lipinski definition) is 3. The molecular weight excluding hydrogens is 230 g/mol. The van der Waals surface area contributed by atoms with Crippen molar-refractivity contribution in [3.63, 3.8) is 0 Å². The maximum absolute atomic E-state index is 11.9. The average molecular weight is 257 g/mol. The van der Waals surface area contributed by atoms with E-state index in [0.29, 0.717) is 5.92 Å². The maximum Gasteiger partial charge on any atom is 0.410 e. The van der Waals surface area contributed by atoms with Crippen molar-refractivity contribution in [2.45, 2.75) is 65.1 Å². The minimum Gasteiger partial charge on any atom is -0.444 e. The molecule has 4 heteroatoms. The summed E-state index contributed by atoms with van der Waals surface area (Å²) in [6.45, 7) is 9.15. The Morgan fingerprint density at radius 1 is 1.39 bits per heavy atom. The molecule has 0 aromatic rings. The zero-order chi connectivity index (χ0) is 13.8. The molecule has 1 aliphatic heterocycles. The highest BCUT2D eigenvalue weighted by Gasteiger charge is 2.27. The molecule has 1 rings (SSSR count). The van der Waals surface area contributed by atoms with Crippen molar-refractivity contribution in [1.29, 1.82) is 0 Å². The van der Waals surface area contributed by atoms with Crippen LogP contribution in [0.15, 0.2) is 0 Å². The first-order valence-electron chi connectivity index (χ1n) is 6.97. The SMILES string of the molecule is CC[C@H](O)CC1CCN(C(=O)OC(C)(C)C)CC1. The molecule has 0 radical (unpaired) electrons. The standard InChI is InChI=1S/C14H27NO3/c1-5-12(16)10-11-6-8-15(9-7-11)13(17)18-14(2,3)4/h11-12,16H,5-10H2,1-4H3/t12-/m0/s1. The van der Waals surface area contributed by atoms with Gasteiger partial charge in [-0.25, -0.2) is 4.79 Å².